The fourth-order valence-electron chi connectivity index (χ4n) is 0.448. The topological polar surface area (TPSA) is 49.3 Å². The van der Waals surface area contributed by atoms with Crippen LogP contribution in [0.1, 0.15) is 26.7 Å². The van der Waals surface area contributed by atoms with Crippen molar-refractivity contribution in [1.82, 2.24) is 5.32 Å². The van der Waals surface area contributed by atoms with Gasteiger partial charge in [0.2, 0.25) is 0 Å². The fraction of sp³-hybridized carbons (Fsp3) is 0.667. The van der Waals surface area contributed by atoms with E-state index in [1.54, 1.807) is 13.0 Å². The number of hydrogen-bond acceptors (Lipinski definition) is 2. The summed E-state index contributed by atoms with van der Waals surface area (Å²) < 4.78 is 0. The number of hydrogen-bond donors (Lipinski definition) is 2. The SMILES string of the molecule is CCCC=C(C)C(=O)O.CNC.Cl. The van der Waals surface area contributed by atoms with Gasteiger partial charge in [0.1, 0.15) is 0 Å². The first-order chi connectivity index (χ1) is 5.59. The minimum absolute atomic E-state index is 0. The molecule has 0 amide bonds. The predicted molar refractivity (Wildman–Crippen MR) is 58.5 cm³/mol. The largest absolute Gasteiger partial charge is 0.478 e. The Morgan fingerprint density at radius 1 is 1.46 bits per heavy atom. The van der Waals surface area contributed by atoms with Gasteiger partial charge in [-0.1, -0.05) is 19.4 Å². The van der Waals surface area contributed by atoms with E-state index >= 15 is 0 Å². The highest BCUT2D eigenvalue weighted by Crippen LogP contribution is 1.96. The van der Waals surface area contributed by atoms with Crippen LogP contribution in [0.15, 0.2) is 11.6 Å². The first-order valence-corrected chi connectivity index (χ1v) is 4.08. The number of aliphatic carboxylic acids is 1. The monoisotopic (exact) mass is 209 g/mol. The normalized spacial score (nSPS) is 9.38. The zero-order valence-corrected chi connectivity index (χ0v) is 9.57. The predicted octanol–water partition coefficient (Wildman–Crippen LogP) is 2.07. The highest BCUT2D eigenvalue weighted by atomic mass is 35.5. The number of unbranched alkanes of at least 4 members (excludes halogenated alkanes) is 1. The smallest absolute Gasteiger partial charge is 0.330 e. The third kappa shape index (κ3) is 18.4. The van der Waals surface area contributed by atoms with E-state index in [9.17, 15) is 4.79 Å². The van der Waals surface area contributed by atoms with E-state index in [4.69, 9.17) is 5.11 Å². The zero-order valence-electron chi connectivity index (χ0n) is 8.76. The maximum Gasteiger partial charge on any atom is 0.330 e. The minimum Gasteiger partial charge on any atom is -0.478 e. The van der Waals surface area contributed by atoms with E-state index in [1.165, 1.54) is 0 Å². The van der Waals surface area contributed by atoms with Crippen LogP contribution in [0.3, 0.4) is 0 Å². The van der Waals surface area contributed by atoms with E-state index in [-0.39, 0.29) is 12.4 Å². The van der Waals surface area contributed by atoms with Crippen molar-refractivity contribution in [1.29, 1.82) is 0 Å². The molecule has 0 aromatic rings. The Morgan fingerprint density at radius 3 is 2.08 bits per heavy atom. The number of rotatable bonds is 3. The molecule has 80 valence electrons. The van der Waals surface area contributed by atoms with Crippen molar-refractivity contribution in [2.24, 2.45) is 0 Å². The van der Waals surface area contributed by atoms with Gasteiger partial charge in [-0.2, -0.15) is 0 Å². The van der Waals surface area contributed by atoms with E-state index in [0.29, 0.717) is 5.57 Å². The minimum atomic E-state index is -0.816. The maximum absolute atomic E-state index is 10.1. The van der Waals surface area contributed by atoms with Gasteiger partial charge in [-0.15, -0.1) is 12.4 Å². The van der Waals surface area contributed by atoms with Gasteiger partial charge in [0.05, 0.1) is 0 Å². The lowest BCUT2D eigenvalue weighted by Crippen LogP contribution is -1.95. The molecule has 0 aliphatic carbocycles. The Kier molecular flexibility index (Phi) is 19.7. The lowest BCUT2D eigenvalue weighted by atomic mass is 10.2. The molecule has 0 atom stereocenters. The van der Waals surface area contributed by atoms with Gasteiger partial charge < -0.3 is 10.4 Å². The van der Waals surface area contributed by atoms with Crippen molar-refractivity contribution in [3.63, 3.8) is 0 Å². The van der Waals surface area contributed by atoms with Gasteiger partial charge >= 0.3 is 5.97 Å². The van der Waals surface area contributed by atoms with Crippen LogP contribution < -0.4 is 5.32 Å². The number of nitrogens with one attached hydrogen (secondary N) is 1. The maximum atomic E-state index is 10.1. The molecule has 3 nitrogen and oxygen atoms in total. The molecule has 0 bridgehead atoms. The average molecular weight is 210 g/mol. The molecule has 0 heterocycles. The van der Waals surface area contributed by atoms with E-state index < -0.39 is 5.97 Å². The van der Waals surface area contributed by atoms with Crippen LogP contribution in [0.25, 0.3) is 0 Å². The third-order valence-corrected chi connectivity index (χ3v) is 1.08. The highest BCUT2D eigenvalue weighted by Gasteiger charge is 1.95. The molecule has 13 heavy (non-hydrogen) atoms. The van der Waals surface area contributed by atoms with Gasteiger partial charge in [0.25, 0.3) is 0 Å². The molecule has 0 spiro atoms. The molecule has 0 aliphatic heterocycles. The first-order valence-electron chi connectivity index (χ1n) is 4.08. The van der Waals surface area contributed by atoms with Gasteiger partial charge in [0, 0.05) is 5.57 Å². The number of halogens is 1. The lowest BCUT2D eigenvalue weighted by Gasteiger charge is -1.89. The molecule has 0 radical (unpaired) electrons. The molecule has 0 aliphatic rings. The summed E-state index contributed by atoms with van der Waals surface area (Å²) in [5.74, 6) is -0.816. The number of carboxylic acids is 1. The summed E-state index contributed by atoms with van der Waals surface area (Å²) in [6, 6.07) is 0. The van der Waals surface area contributed by atoms with Gasteiger partial charge in [0.15, 0.2) is 0 Å². The molecule has 0 unspecified atom stereocenters. The zero-order chi connectivity index (χ0) is 9.98. The van der Waals surface area contributed by atoms with Crippen molar-refractivity contribution in [3.8, 4) is 0 Å². The van der Waals surface area contributed by atoms with Crippen LogP contribution in [0.2, 0.25) is 0 Å². The quantitative estimate of drug-likeness (QED) is 0.700. The Morgan fingerprint density at radius 2 is 1.85 bits per heavy atom. The second-order valence-electron chi connectivity index (χ2n) is 2.48. The van der Waals surface area contributed by atoms with Crippen molar-refractivity contribution in [2.45, 2.75) is 26.7 Å². The summed E-state index contributed by atoms with van der Waals surface area (Å²) in [6.45, 7) is 3.63. The van der Waals surface area contributed by atoms with Crippen LogP contribution in [0.4, 0.5) is 0 Å². The van der Waals surface area contributed by atoms with E-state index in [0.717, 1.165) is 12.8 Å². The fourth-order valence-corrected chi connectivity index (χ4v) is 0.448. The van der Waals surface area contributed by atoms with Crippen LogP contribution in [-0.2, 0) is 4.79 Å². The van der Waals surface area contributed by atoms with Gasteiger partial charge in [-0.3, -0.25) is 0 Å². The Labute approximate surface area is 86.6 Å². The van der Waals surface area contributed by atoms with Gasteiger partial charge in [-0.25, -0.2) is 4.79 Å². The Hall–Kier alpha value is -0.540. The molecule has 2 N–H and O–H groups in total. The number of carboxylic acid groups (broad SMARTS) is 1. The van der Waals surface area contributed by atoms with Crippen LogP contribution >= 0.6 is 12.4 Å². The van der Waals surface area contributed by atoms with Crippen molar-refractivity contribution >= 4 is 18.4 Å². The second kappa shape index (κ2) is 14.0. The molecule has 0 saturated carbocycles. The molecular weight excluding hydrogens is 190 g/mol. The summed E-state index contributed by atoms with van der Waals surface area (Å²) >= 11 is 0. The molecule has 0 rings (SSSR count). The summed E-state index contributed by atoms with van der Waals surface area (Å²) in [7, 11) is 3.75. The third-order valence-electron chi connectivity index (χ3n) is 1.08. The first kappa shape index (κ1) is 18.3. The van der Waals surface area contributed by atoms with E-state index in [2.05, 4.69) is 5.32 Å². The second-order valence-corrected chi connectivity index (χ2v) is 2.48. The molecular formula is C9H20ClNO2. The van der Waals surface area contributed by atoms with Crippen LogP contribution in [-0.4, -0.2) is 25.2 Å². The van der Waals surface area contributed by atoms with Crippen molar-refractivity contribution in [3.05, 3.63) is 11.6 Å². The lowest BCUT2D eigenvalue weighted by molar-refractivity contribution is -0.132. The summed E-state index contributed by atoms with van der Waals surface area (Å²) in [5.41, 5.74) is 0.442. The Bertz CT molecular complexity index is 147. The summed E-state index contributed by atoms with van der Waals surface area (Å²) in [5, 5.41) is 11.1. The van der Waals surface area contributed by atoms with E-state index in [1.807, 2.05) is 21.0 Å². The number of allylic oxidation sites excluding steroid dienone is 1. The van der Waals surface area contributed by atoms with Crippen LogP contribution in [0.5, 0.6) is 0 Å². The van der Waals surface area contributed by atoms with Crippen molar-refractivity contribution < 1.29 is 9.90 Å². The average Bonchev–Trinajstić information content (AvgIpc) is 2.01. The molecule has 0 saturated heterocycles. The van der Waals surface area contributed by atoms with Gasteiger partial charge in [-0.05, 0) is 27.4 Å². The van der Waals surface area contributed by atoms with Crippen molar-refractivity contribution in [2.75, 3.05) is 14.1 Å². The Balaban J connectivity index is -0.000000220. The highest BCUT2D eigenvalue weighted by molar-refractivity contribution is 5.85. The molecule has 0 aromatic heterocycles. The number of carbonyl (C=O) groups is 1. The molecule has 0 aromatic carbocycles. The van der Waals surface area contributed by atoms with Crippen LogP contribution in [0, 0.1) is 0 Å². The summed E-state index contributed by atoms with van der Waals surface area (Å²) in [6.07, 6.45) is 3.60. The summed E-state index contributed by atoms with van der Waals surface area (Å²) in [4.78, 5) is 10.1. The molecule has 4 heteroatoms. The standard InChI is InChI=1S/C7H12O2.C2H7N.ClH/c1-3-4-5-6(2)7(8)9;1-3-2;/h5H,3-4H2,1-2H3,(H,8,9);3H,1-2H3;1H. The molecule has 0 fully saturated rings.